The maximum atomic E-state index is 12.6. The van der Waals surface area contributed by atoms with Crippen molar-refractivity contribution in [1.82, 2.24) is 0 Å². The van der Waals surface area contributed by atoms with Crippen LogP contribution in [0.1, 0.15) is 15.9 Å². The lowest BCUT2D eigenvalue weighted by molar-refractivity contribution is -0.112. The zero-order valence-corrected chi connectivity index (χ0v) is 19.6. The van der Waals surface area contributed by atoms with E-state index in [1.54, 1.807) is 36.4 Å². The second-order valence-electron chi connectivity index (χ2n) is 6.81. The predicted octanol–water partition coefficient (Wildman–Crippen LogP) is 5.78. The number of anilines is 1. The fraction of sp³-hybridized carbons (Fsp3) is 0.0800. The summed E-state index contributed by atoms with van der Waals surface area (Å²) in [5.41, 5.74) is 0.899. The number of hydrogen-bond donors (Lipinski definition) is 1. The molecule has 0 aromatic heterocycles. The van der Waals surface area contributed by atoms with Gasteiger partial charge in [-0.05, 0) is 66.2 Å². The van der Waals surface area contributed by atoms with E-state index >= 15 is 0 Å². The largest absolute Gasteiger partial charge is 0.497 e. The van der Waals surface area contributed by atoms with Gasteiger partial charge in [0.1, 0.15) is 17.4 Å². The van der Waals surface area contributed by atoms with Gasteiger partial charge in [-0.3, -0.25) is 4.79 Å². The maximum absolute atomic E-state index is 12.6. The van der Waals surface area contributed by atoms with E-state index in [1.807, 2.05) is 6.07 Å². The number of halogens is 2. The first kappa shape index (κ1) is 24.6. The summed E-state index contributed by atoms with van der Waals surface area (Å²) in [7, 11) is 2.96. The summed E-state index contributed by atoms with van der Waals surface area (Å²) in [4.78, 5) is 25.2. The number of ether oxygens (including phenoxy) is 3. The Kier molecular flexibility index (Phi) is 8.14. The number of carbonyl (C=O) groups excluding carboxylic acids is 2. The highest BCUT2D eigenvalue weighted by molar-refractivity contribution is 6.35. The molecule has 172 valence electrons. The Morgan fingerprint density at radius 1 is 0.912 bits per heavy atom. The summed E-state index contributed by atoms with van der Waals surface area (Å²) in [5.74, 6) is -0.248. The minimum atomic E-state index is -0.659. The van der Waals surface area contributed by atoms with Gasteiger partial charge in [-0.25, -0.2) is 4.79 Å². The van der Waals surface area contributed by atoms with Gasteiger partial charge in [0, 0.05) is 15.7 Å². The van der Waals surface area contributed by atoms with E-state index < -0.39 is 11.9 Å². The van der Waals surface area contributed by atoms with Crippen LogP contribution in [0.15, 0.2) is 66.2 Å². The van der Waals surface area contributed by atoms with Crippen molar-refractivity contribution in [2.75, 3.05) is 19.5 Å². The summed E-state index contributed by atoms with van der Waals surface area (Å²) in [6, 6.07) is 17.5. The number of nitriles is 1. The molecule has 0 atom stereocenters. The van der Waals surface area contributed by atoms with Crippen LogP contribution < -0.4 is 19.5 Å². The standard InChI is InChI=1S/C25H18Cl2N2O5/c1-32-21-6-4-16(5-7-21)25(31)34-23-10-15(3-8-22(23)33-2)9-17(14-28)24(30)29-20-12-18(26)11-19(27)13-20/h3-13H,1-2H3,(H,29,30)/b17-9+. The van der Waals surface area contributed by atoms with Gasteiger partial charge < -0.3 is 19.5 Å². The molecule has 3 aromatic carbocycles. The normalized spacial score (nSPS) is 10.7. The van der Waals surface area contributed by atoms with Crippen molar-refractivity contribution >= 4 is 46.8 Å². The number of esters is 1. The first-order chi connectivity index (χ1) is 16.3. The molecule has 0 unspecified atom stereocenters. The van der Waals surface area contributed by atoms with E-state index in [1.165, 1.54) is 44.6 Å². The number of nitrogens with one attached hydrogen (secondary N) is 1. The molecule has 0 saturated carbocycles. The zero-order chi connectivity index (χ0) is 24.7. The molecule has 0 radical (unpaired) electrons. The van der Waals surface area contributed by atoms with E-state index in [4.69, 9.17) is 37.4 Å². The van der Waals surface area contributed by atoms with E-state index in [0.29, 0.717) is 38.4 Å². The SMILES string of the molecule is COc1ccc(C(=O)Oc2cc(/C=C(\C#N)C(=O)Nc3cc(Cl)cc(Cl)c3)ccc2OC)cc1. The average Bonchev–Trinajstić information content (AvgIpc) is 2.82. The second kappa shape index (κ2) is 11.2. The Balaban J connectivity index is 1.84. The van der Waals surface area contributed by atoms with Gasteiger partial charge in [-0.2, -0.15) is 5.26 Å². The van der Waals surface area contributed by atoms with E-state index in [0.717, 1.165) is 0 Å². The minimum absolute atomic E-state index is 0.122. The van der Waals surface area contributed by atoms with Crippen LogP contribution in [-0.4, -0.2) is 26.1 Å². The monoisotopic (exact) mass is 496 g/mol. The molecule has 0 bridgehead atoms. The molecule has 3 rings (SSSR count). The van der Waals surface area contributed by atoms with Crippen LogP contribution in [0.2, 0.25) is 10.0 Å². The first-order valence-corrected chi connectivity index (χ1v) is 10.5. The highest BCUT2D eigenvalue weighted by Crippen LogP contribution is 2.30. The van der Waals surface area contributed by atoms with E-state index in [-0.39, 0.29) is 11.3 Å². The molecular weight excluding hydrogens is 479 g/mol. The number of hydrogen-bond acceptors (Lipinski definition) is 6. The van der Waals surface area contributed by atoms with Gasteiger partial charge in [0.2, 0.25) is 0 Å². The number of rotatable bonds is 7. The Morgan fingerprint density at radius 2 is 1.59 bits per heavy atom. The van der Waals surface area contributed by atoms with E-state index in [9.17, 15) is 14.9 Å². The Bertz CT molecular complexity index is 1280. The molecule has 0 aliphatic heterocycles. The number of methoxy groups -OCH3 is 2. The lowest BCUT2D eigenvalue weighted by atomic mass is 10.1. The van der Waals surface area contributed by atoms with Crippen molar-refractivity contribution in [2.24, 2.45) is 0 Å². The maximum Gasteiger partial charge on any atom is 0.343 e. The molecule has 0 heterocycles. The third kappa shape index (κ3) is 6.29. The molecule has 0 spiro atoms. The van der Waals surface area contributed by atoms with Crippen LogP contribution in [0.3, 0.4) is 0 Å². The predicted molar refractivity (Wildman–Crippen MR) is 130 cm³/mol. The van der Waals surface area contributed by atoms with Crippen LogP contribution in [0.4, 0.5) is 5.69 Å². The van der Waals surface area contributed by atoms with Crippen LogP contribution in [0.25, 0.3) is 6.08 Å². The lowest BCUT2D eigenvalue weighted by Crippen LogP contribution is -2.13. The topological polar surface area (TPSA) is 97.7 Å². The third-order valence-corrected chi connectivity index (χ3v) is 4.95. The summed E-state index contributed by atoms with van der Waals surface area (Å²) in [6.07, 6.45) is 1.35. The molecule has 3 aromatic rings. The number of carbonyl (C=O) groups is 2. The average molecular weight is 497 g/mol. The van der Waals surface area contributed by atoms with Crippen molar-refractivity contribution in [1.29, 1.82) is 5.26 Å². The molecule has 1 amide bonds. The summed E-state index contributed by atoms with van der Waals surface area (Å²) in [5, 5.41) is 12.8. The van der Waals surface area contributed by atoms with Crippen molar-refractivity contribution < 1.29 is 23.8 Å². The fourth-order valence-electron chi connectivity index (χ4n) is 2.89. The molecular formula is C25H18Cl2N2O5. The molecule has 7 nitrogen and oxygen atoms in total. The molecule has 9 heteroatoms. The molecule has 0 fully saturated rings. The summed E-state index contributed by atoms with van der Waals surface area (Å²) < 4.78 is 15.8. The highest BCUT2D eigenvalue weighted by Gasteiger charge is 2.15. The third-order valence-electron chi connectivity index (χ3n) is 4.51. The Hall–Kier alpha value is -3.99. The molecule has 0 aliphatic rings. The minimum Gasteiger partial charge on any atom is -0.497 e. The summed E-state index contributed by atoms with van der Waals surface area (Å²) >= 11 is 11.9. The van der Waals surface area contributed by atoms with Gasteiger partial charge in [0.25, 0.3) is 5.91 Å². The molecule has 1 N–H and O–H groups in total. The molecule has 0 saturated heterocycles. The van der Waals surface area contributed by atoms with Crippen LogP contribution in [0.5, 0.6) is 17.2 Å². The van der Waals surface area contributed by atoms with E-state index in [2.05, 4.69) is 5.32 Å². The highest BCUT2D eigenvalue weighted by atomic mass is 35.5. The first-order valence-electron chi connectivity index (χ1n) is 9.76. The number of benzene rings is 3. The van der Waals surface area contributed by atoms with Crippen LogP contribution >= 0.6 is 23.2 Å². The van der Waals surface area contributed by atoms with Crippen molar-refractivity contribution in [3.05, 3.63) is 87.4 Å². The number of nitrogens with zero attached hydrogens (tertiary/aromatic N) is 1. The van der Waals surface area contributed by atoms with Crippen LogP contribution in [0, 0.1) is 11.3 Å². The van der Waals surface area contributed by atoms with Gasteiger partial charge in [-0.1, -0.05) is 29.3 Å². The lowest BCUT2D eigenvalue weighted by Gasteiger charge is -2.11. The molecule has 34 heavy (non-hydrogen) atoms. The van der Waals surface area contributed by atoms with Gasteiger partial charge >= 0.3 is 5.97 Å². The van der Waals surface area contributed by atoms with Crippen molar-refractivity contribution in [3.63, 3.8) is 0 Å². The Morgan fingerprint density at radius 3 is 2.18 bits per heavy atom. The van der Waals surface area contributed by atoms with Gasteiger partial charge in [-0.15, -0.1) is 0 Å². The number of amides is 1. The van der Waals surface area contributed by atoms with Crippen molar-refractivity contribution in [3.8, 4) is 23.3 Å². The van der Waals surface area contributed by atoms with Gasteiger partial charge in [0.15, 0.2) is 11.5 Å². The van der Waals surface area contributed by atoms with Crippen molar-refractivity contribution in [2.45, 2.75) is 0 Å². The summed E-state index contributed by atoms with van der Waals surface area (Å²) in [6.45, 7) is 0. The molecule has 0 aliphatic carbocycles. The van der Waals surface area contributed by atoms with Crippen LogP contribution in [-0.2, 0) is 4.79 Å². The Labute approximate surface area is 206 Å². The second-order valence-corrected chi connectivity index (χ2v) is 7.68. The quantitative estimate of drug-likeness (QED) is 0.193. The fourth-order valence-corrected chi connectivity index (χ4v) is 3.41. The smallest absolute Gasteiger partial charge is 0.343 e. The zero-order valence-electron chi connectivity index (χ0n) is 18.1. The van der Waals surface area contributed by atoms with Gasteiger partial charge in [0.05, 0.1) is 19.8 Å².